The zero-order valence-corrected chi connectivity index (χ0v) is 16.3. The Bertz CT molecular complexity index is 1000. The highest BCUT2D eigenvalue weighted by molar-refractivity contribution is 6.27. The molecule has 8 heteroatoms. The van der Waals surface area contributed by atoms with Gasteiger partial charge in [0.15, 0.2) is 5.78 Å². The summed E-state index contributed by atoms with van der Waals surface area (Å²) in [7, 11) is 0. The lowest BCUT2D eigenvalue weighted by molar-refractivity contribution is 0.104. The number of nitrogens with one attached hydrogen (secondary N) is 2. The van der Waals surface area contributed by atoms with Gasteiger partial charge in [0.1, 0.15) is 5.69 Å². The van der Waals surface area contributed by atoms with E-state index in [-0.39, 0.29) is 24.8 Å². The minimum Gasteiger partial charge on any atom is -0.395 e. The summed E-state index contributed by atoms with van der Waals surface area (Å²) in [5, 5.41) is 21.0. The number of aromatic nitrogens is 2. The van der Waals surface area contributed by atoms with E-state index in [1.165, 1.54) is 0 Å². The second-order valence-corrected chi connectivity index (χ2v) is 6.52. The summed E-state index contributed by atoms with van der Waals surface area (Å²) in [4.78, 5) is 13.3. The van der Waals surface area contributed by atoms with Gasteiger partial charge in [0.05, 0.1) is 24.2 Å². The average Bonchev–Trinajstić information content (AvgIpc) is 3.06. The molecule has 0 atom stereocenters. The maximum absolute atomic E-state index is 13.3. The standard InChI is InChI=1S/C20H23N5O2.ClH/c21-7-11-25-16-6-5-15(23-9-8-22-10-12-26)17-18(16)19(24-25)13-3-1-2-4-14(13)20(17)27;/h1-6,22-23,26H,7-12,21H2;1H. The van der Waals surface area contributed by atoms with Crippen molar-refractivity contribution < 1.29 is 9.90 Å². The van der Waals surface area contributed by atoms with Crippen molar-refractivity contribution in [1.29, 1.82) is 0 Å². The van der Waals surface area contributed by atoms with Crippen molar-refractivity contribution in [3.63, 3.8) is 0 Å². The zero-order chi connectivity index (χ0) is 18.8. The fourth-order valence-corrected chi connectivity index (χ4v) is 3.65. The van der Waals surface area contributed by atoms with Crippen molar-refractivity contribution in [2.24, 2.45) is 5.73 Å². The number of carbonyl (C=O) groups excluding carboxylic acids is 1. The number of rotatable bonds is 8. The molecule has 7 nitrogen and oxygen atoms in total. The van der Waals surface area contributed by atoms with Gasteiger partial charge < -0.3 is 21.5 Å². The normalized spacial score (nSPS) is 12.0. The number of ketones is 1. The third kappa shape index (κ3) is 3.38. The Kier molecular flexibility index (Phi) is 6.31. The lowest BCUT2D eigenvalue weighted by atomic mass is 9.86. The largest absolute Gasteiger partial charge is 0.395 e. The van der Waals surface area contributed by atoms with Crippen LogP contribution < -0.4 is 16.4 Å². The molecule has 28 heavy (non-hydrogen) atoms. The average molecular weight is 402 g/mol. The van der Waals surface area contributed by atoms with Crippen LogP contribution in [0.15, 0.2) is 36.4 Å². The number of nitrogens with zero attached hydrogens (tertiary/aromatic N) is 2. The van der Waals surface area contributed by atoms with Crippen LogP contribution in [0.1, 0.15) is 15.9 Å². The van der Waals surface area contributed by atoms with Crippen molar-refractivity contribution in [2.45, 2.75) is 6.54 Å². The molecule has 1 heterocycles. The maximum atomic E-state index is 13.3. The summed E-state index contributed by atoms with van der Waals surface area (Å²) in [6.45, 7) is 3.09. The number of aliphatic hydroxyl groups is 1. The van der Waals surface area contributed by atoms with E-state index < -0.39 is 0 Å². The van der Waals surface area contributed by atoms with E-state index in [1.54, 1.807) is 0 Å². The van der Waals surface area contributed by atoms with Gasteiger partial charge in [0.25, 0.3) is 0 Å². The van der Waals surface area contributed by atoms with Gasteiger partial charge in [-0.2, -0.15) is 5.10 Å². The Hall–Kier alpha value is -2.45. The molecule has 1 aromatic heterocycles. The lowest BCUT2D eigenvalue weighted by Gasteiger charge is -2.18. The highest BCUT2D eigenvalue weighted by Gasteiger charge is 2.30. The van der Waals surface area contributed by atoms with Crippen LogP contribution >= 0.6 is 12.4 Å². The molecule has 1 aliphatic carbocycles. The first-order chi connectivity index (χ1) is 13.3. The molecule has 5 N–H and O–H groups in total. The van der Waals surface area contributed by atoms with Gasteiger partial charge in [-0.05, 0) is 12.1 Å². The Morgan fingerprint density at radius 1 is 1.07 bits per heavy atom. The van der Waals surface area contributed by atoms with Gasteiger partial charge in [-0.25, -0.2) is 0 Å². The summed E-state index contributed by atoms with van der Waals surface area (Å²) in [5.74, 6) is 0.0156. The molecular weight excluding hydrogens is 378 g/mol. The molecule has 0 saturated heterocycles. The third-order valence-electron chi connectivity index (χ3n) is 4.82. The van der Waals surface area contributed by atoms with Crippen molar-refractivity contribution in [3.8, 4) is 11.3 Å². The van der Waals surface area contributed by atoms with Crippen LogP contribution in [0.3, 0.4) is 0 Å². The Balaban J connectivity index is 0.00000225. The Morgan fingerprint density at radius 2 is 1.86 bits per heavy atom. The van der Waals surface area contributed by atoms with Gasteiger partial charge in [0, 0.05) is 48.4 Å². The molecule has 0 unspecified atom stereocenters. The van der Waals surface area contributed by atoms with Crippen LogP contribution in [0.4, 0.5) is 5.69 Å². The van der Waals surface area contributed by atoms with Crippen LogP contribution in [0, 0.1) is 0 Å². The van der Waals surface area contributed by atoms with E-state index in [1.807, 2.05) is 41.1 Å². The molecule has 0 amide bonds. The molecule has 0 radical (unpaired) electrons. The summed E-state index contributed by atoms with van der Waals surface area (Å²) in [6.07, 6.45) is 0. The van der Waals surface area contributed by atoms with Crippen molar-refractivity contribution in [1.82, 2.24) is 15.1 Å². The Labute approximate surface area is 169 Å². The molecule has 0 spiro atoms. The van der Waals surface area contributed by atoms with E-state index in [0.29, 0.717) is 43.9 Å². The molecule has 1 aliphatic rings. The molecule has 0 aliphatic heterocycles. The van der Waals surface area contributed by atoms with E-state index >= 15 is 0 Å². The minimum absolute atomic E-state index is 0. The predicted molar refractivity (Wildman–Crippen MR) is 113 cm³/mol. The second-order valence-electron chi connectivity index (χ2n) is 6.52. The van der Waals surface area contributed by atoms with Crippen LogP contribution in [0.5, 0.6) is 0 Å². The summed E-state index contributed by atoms with van der Waals surface area (Å²) < 4.78 is 1.89. The van der Waals surface area contributed by atoms with Gasteiger partial charge in [-0.1, -0.05) is 24.3 Å². The number of hydrogen-bond acceptors (Lipinski definition) is 6. The van der Waals surface area contributed by atoms with E-state index in [0.717, 1.165) is 27.8 Å². The number of anilines is 1. The van der Waals surface area contributed by atoms with Crippen molar-refractivity contribution in [2.75, 3.05) is 38.1 Å². The minimum atomic E-state index is 0. The molecular formula is C20H24ClN5O2. The van der Waals surface area contributed by atoms with Crippen LogP contribution in [0.25, 0.3) is 22.2 Å². The SMILES string of the molecule is Cl.NCCn1nc2c3c(c(NCCNCCO)ccc31)C(=O)c1ccccc1-2. The molecule has 4 rings (SSSR count). The monoisotopic (exact) mass is 401 g/mol. The van der Waals surface area contributed by atoms with Gasteiger partial charge in [0.2, 0.25) is 0 Å². The maximum Gasteiger partial charge on any atom is 0.196 e. The highest BCUT2D eigenvalue weighted by Crippen LogP contribution is 2.41. The van der Waals surface area contributed by atoms with Crippen LogP contribution in [0.2, 0.25) is 0 Å². The first kappa shape index (κ1) is 20.3. The predicted octanol–water partition coefficient (Wildman–Crippen LogP) is 1.62. The molecule has 0 bridgehead atoms. The van der Waals surface area contributed by atoms with Crippen LogP contribution in [-0.4, -0.2) is 53.5 Å². The lowest BCUT2D eigenvalue weighted by Crippen LogP contribution is -2.25. The highest BCUT2D eigenvalue weighted by atomic mass is 35.5. The zero-order valence-electron chi connectivity index (χ0n) is 15.4. The molecule has 148 valence electrons. The van der Waals surface area contributed by atoms with Crippen molar-refractivity contribution in [3.05, 3.63) is 47.5 Å². The fraction of sp³-hybridized carbons (Fsp3) is 0.300. The number of nitrogens with two attached hydrogens (primary N) is 1. The smallest absolute Gasteiger partial charge is 0.196 e. The van der Waals surface area contributed by atoms with Gasteiger partial charge in [-0.3, -0.25) is 9.48 Å². The number of hydrogen-bond donors (Lipinski definition) is 4. The molecule has 2 aromatic carbocycles. The van der Waals surface area contributed by atoms with E-state index in [2.05, 4.69) is 10.6 Å². The quantitative estimate of drug-likeness (QED) is 0.334. The Morgan fingerprint density at radius 3 is 2.61 bits per heavy atom. The number of benzene rings is 2. The fourth-order valence-electron chi connectivity index (χ4n) is 3.65. The van der Waals surface area contributed by atoms with E-state index in [9.17, 15) is 4.79 Å². The first-order valence-corrected chi connectivity index (χ1v) is 9.19. The molecule has 0 fully saturated rings. The van der Waals surface area contributed by atoms with Gasteiger partial charge >= 0.3 is 0 Å². The molecule has 3 aromatic rings. The number of halogens is 1. The van der Waals surface area contributed by atoms with E-state index in [4.69, 9.17) is 15.9 Å². The number of fused-ring (bicyclic) bond motifs is 2. The third-order valence-corrected chi connectivity index (χ3v) is 4.82. The summed E-state index contributed by atoms with van der Waals surface area (Å²) in [6, 6.07) is 11.5. The summed E-state index contributed by atoms with van der Waals surface area (Å²) in [5.41, 5.74) is 10.5. The topological polar surface area (TPSA) is 105 Å². The second kappa shape index (κ2) is 8.70. The first-order valence-electron chi connectivity index (χ1n) is 9.19. The summed E-state index contributed by atoms with van der Waals surface area (Å²) >= 11 is 0. The van der Waals surface area contributed by atoms with Crippen molar-refractivity contribution >= 4 is 34.8 Å². The van der Waals surface area contributed by atoms with Crippen LogP contribution in [-0.2, 0) is 6.54 Å². The molecule has 0 saturated carbocycles. The van der Waals surface area contributed by atoms with Gasteiger partial charge in [-0.15, -0.1) is 12.4 Å². The number of carbonyl (C=O) groups is 1. The number of aliphatic hydroxyl groups excluding tert-OH is 1.